The molecule has 0 aliphatic rings. The van der Waals surface area contributed by atoms with Gasteiger partial charge in [0.1, 0.15) is 5.82 Å². The number of rotatable bonds is 3. The van der Waals surface area contributed by atoms with Crippen LogP contribution in [0.2, 0.25) is 5.02 Å². The molecule has 2 aromatic rings. The van der Waals surface area contributed by atoms with Crippen molar-refractivity contribution in [1.29, 1.82) is 0 Å². The summed E-state index contributed by atoms with van der Waals surface area (Å²) in [5, 5.41) is 3.16. The molecular formula is C14H12ClF3N2. The van der Waals surface area contributed by atoms with Gasteiger partial charge in [-0.15, -0.1) is 0 Å². The molecule has 0 aliphatic carbocycles. The number of hydrogen-bond acceptors (Lipinski definition) is 2. The van der Waals surface area contributed by atoms with Crippen LogP contribution in [-0.4, -0.2) is 11.5 Å². The molecule has 6 heteroatoms. The third-order valence-electron chi connectivity index (χ3n) is 2.66. The molecule has 0 radical (unpaired) electrons. The normalized spacial score (nSPS) is 11.4. The fraction of sp³-hybridized carbons (Fsp3) is 0.214. The molecule has 20 heavy (non-hydrogen) atoms. The van der Waals surface area contributed by atoms with E-state index in [1.165, 1.54) is 0 Å². The predicted octanol–water partition coefficient (Wildman–Crippen LogP) is 4.85. The topological polar surface area (TPSA) is 24.9 Å². The van der Waals surface area contributed by atoms with E-state index in [9.17, 15) is 13.2 Å². The van der Waals surface area contributed by atoms with E-state index in [1.54, 1.807) is 31.2 Å². The number of benzene rings is 1. The van der Waals surface area contributed by atoms with Crippen molar-refractivity contribution in [2.45, 2.75) is 13.1 Å². The number of nitrogens with zero attached hydrogens (tertiary/aromatic N) is 1. The van der Waals surface area contributed by atoms with E-state index in [4.69, 9.17) is 11.6 Å². The quantitative estimate of drug-likeness (QED) is 0.876. The summed E-state index contributed by atoms with van der Waals surface area (Å²) in [5.41, 5.74) is -0.0841. The maximum absolute atomic E-state index is 12.9. The first-order valence-electron chi connectivity index (χ1n) is 6.00. The van der Waals surface area contributed by atoms with Crippen molar-refractivity contribution < 1.29 is 13.2 Å². The molecule has 0 aliphatic heterocycles. The molecule has 1 N–H and O–H groups in total. The lowest BCUT2D eigenvalue weighted by molar-refractivity contribution is -0.137. The number of anilines is 1. The lowest BCUT2D eigenvalue weighted by Gasteiger charge is -2.12. The van der Waals surface area contributed by atoms with Crippen molar-refractivity contribution in [1.82, 2.24) is 4.98 Å². The van der Waals surface area contributed by atoms with Crippen LogP contribution in [0.1, 0.15) is 12.5 Å². The van der Waals surface area contributed by atoms with Gasteiger partial charge in [0.05, 0.1) is 11.3 Å². The third-order valence-corrected chi connectivity index (χ3v) is 2.99. The smallest absolute Gasteiger partial charge is 0.370 e. The summed E-state index contributed by atoms with van der Waals surface area (Å²) in [5.74, 6) is 0.178. The first kappa shape index (κ1) is 14.7. The van der Waals surface area contributed by atoms with Gasteiger partial charge in [0.2, 0.25) is 0 Å². The molecule has 1 aromatic heterocycles. The molecule has 2 rings (SSSR count). The van der Waals surface area contributed by atoms with Gasteiger partial charge in [-0.05, 0) is 25.1 Å². The molecule has 1 heterocycles. The summed E-state index contributed by atoms with van der Waals surface area (Å²) in [6.07, 6.45) is -4.43. The third kappa shape index (κ3) is 3.22. The number of nitrogens with one attached hydrogen (secondary N) is 1. The van der Waals surface area contributed by atoms with Gasteiger partial charge in [-0.3, -0.25) is 0 Å². The van der Waals surface area contributed by atoms with Gasteiger partial charge in [0.25, 0.3) is 0 Å². The van der Waals surface area contributed by atoms with Crippen molar-refractivity contribution in [2.75, 3.05) is 11.9 Å². The van der Waals surface area contributed by atoms with Crippen LogP contribution in [0.5, 0.6) is 0 Å². The van der Waals surface area contributed by atoms with Gasteiger partial charge >= 0.3 is 6.18 Å². The van der Waals surface area contributed by atoms with Crippen LogP contribution < -0.4 is 5.32 Å². The van der Waals surface area contributed by atoms with E-state index < -0.39 is 11.7 Å². The molecule has 0 saturated heterocycles. The van der Waals surface area contributed by atoms with Crippen LogP contribution in [0.3, 0.4) is 0 Å². The van der Waals surface area contributed by atoms with E-state index in [0.717, 1.165) is 12.1 Å². The zero-order chi connectivity index (χ0) is 14.8. The monoisotopic (exact) mass is 300 g/mol. The van der Waals surface area contributed by atoms with E-state index in [1.807, 2.05) is 0 Å². The fourth-order valence-corrected chi connectivity index (χ4v) is 2.01. The number of aromatic nitrogens is 1. The van der Waals surface area contributed by atoms with Gasteiger partial charge < -0.3 is 5.32 Å². The van der Waals surface area contributed by atoms with E-state index in [-0.39, 0.29) is 11.5 Å². The molecular weight excluding hydrogens is 289 g/mol. The molecule has 106 valence electrons. The van der Waals surface area contributed by atoms with E-state index in [0.29, 0.717) is 17.1 Å². The molecule has 0 atom stereocenters. The van der Waals surface area contributed by atoms with Crippen LogP contribution in [0.4, 0.5) is 19.0 Å². The summed E-state index contributed by atoms with van der Waals surface area (Å²) >= 11 is 6.01. The number of hydrogen-bond donors (Lipinski definition) is 1. The summed E-state index contributed by atoms with van der Waals surface area (Å²) < 4.78 is 38.7. The molecule has 0 spiro atoms. The molecule has 1 aromatic carbocycles. The number of pyridine rings is 1. The Morgan fingerprint density at radius 3 is 2.50 bits per heavy atom. The van der Waals surface area contributed by atoms with Gasteiger partial charge in [0, 0.05) is 17.1 Å². The maximum atomic E-state index is 12.9. The van der Waals surface area contributed by atoms with Crippen molar-refractivity contribution in [3.05, 3.63) is 47.0 Å². The minimum Gasteiger partial charge on any atom is -0.370 e. The van der Waals surface area contributed by atoms with Crippen LogP contribution in [0.15, 0.2) is 36.4 Å². The average Bonchev–Trinajstić information content (AvgIpc) is 2.38. The fourth-order valence-electron chi connectivity index (χ4n) is 1.77. The van der Waals surface area contributed by atoms with Crippen LogP contribution in [0.25, 0.3) is 11.3 Å². The molecule has 0 saturated carbocycles. The van der Waals surface area contributed by atoms with Gasteiger partial charge in [0.15, 0.2) is 0 Å². The summed E-state index contributed by atoms with van der Waals surface area (Å²) in [7, 11) is 0. The first-order valence-corrected chi connectivity index (χ1v) is 6.37. The van der Waals surface area contributed by atoms with Crippen molar-refractivity contribution in [3.63, 3.8) is 0 Å². The minimum atomic E-state index is -4.43. The summed E-state index contributed by atoms with van der Waals surface area (Å²) in [6, 6.07) is 8.67. The Balaban J connectivity index is 2.58. The van der Waals surface area contributed by atoms with Gasteiger partial charge in [-0.1, -0.05) is 29.8 Å². The number of alkyl halides is 3. The van der Waals surface area contributed by atoms with Crippen molar-refractivity contribution in [2.24, 2.45) is 0 Å². The van der Waals surface area contributed by atoms with Crippen LogP contribution in [-0.2, 0) is 6.18 Å². The lowest BCUT2D eigenvalue weighted by atomic mass is 10.1. The average molecular weight is 301 g/mol. The Labute approximate surface area is 119 Å². The molecule has 0 amide bonds. The van der Waals surface area contributed by atoms with Crippen LogP contribution >= 0.6 is 11.6 Å². The second kappa shape index (κ2) is 5.71. The Morgan fingerprint density at radius 1 is 1.20 bits per heavy atom. The largest absolute Gasteiger partial charge is 0.416 e. The highest BCUT2D eigenvalue weighted by Crippen LogP contribution is 2.35. The standard InChI is InChI=1S/C14H12ClF3N2/c1-2-19-13-8-9(14(16,17)18)7-12(20-13)10-5-3-4-6-11(10)15/h3-8H,2H2,1H3,(H,19,20). The SMILES string of the molecule is CCNc1cc(C(F)(F)F)cc(-c2ccccc2Cl)n1. The Kier molecular flexibility index (Phi) is 4.18. The number of halogens is 4. The lowest BCUT2D eigenvalue weighted by Crippen LogP contribution is -2.08. The molecule has 0 bridgehead atoms. The van der Waals surface area contributed by atoms with Gasteiger partial charge in [-0.25, -0.2) is 4.98 Å². The Morgan fingerprint density at radius 2 is 1.90 bits per heavy atom. The van der Waals surface area contributed by atoms with Gasteiger partial charge in [-0.2, -0.15) is 13.2 Å². The second-order valence-corrected chi connectivity index (χ2v) is 4.54. The first-order chi connectivity index (χ1) is 9.41. The van der Waals surface area contributed by atoms with E-state index in [2.05, 4.69) is 10.3 Å². The van der Waals surface area contributed by atoms with Crippen molar-refractivity contribution >= 4 is 17.4 Å². The Bertz CT molecular complexity index is 612. The molecule has 0 fully saturated rings. The summed E-state index contributed by atoms with van der Waals surface area (Å²) in [4.78, 5) is 4.17. The zero-order valence-corrected chi connectivity index (χ0v) is 11.4. The highest BCUT2D eigenvalue weighted by atomic mass is 35.5. The maximum Gasteiger partial charge on any atom is 0.416 e. The van der Waals surface area contributed by atoms with Crippen molar-refractivity contribution in [3.8, 4) is 11.3 Å². The molecule has 2 nitrogen and oxygen atoms in total. The zero-order valence-electron chi connectivity index (χ0n) is 10.6. The van der Waals surface area contributed by atoms with Crippen LogP contribution in [0, 0.1) is 0 Å². The minimum absolute atomic E-state index is 0.178. The Hall–Kier alpha value is -1.75. The highest BCUT2D eigenvalue weighted by Gasteiger charge is 2.31. The highest BCUT2D eigenvalue weighted by molar-refractivity contribution is 6.33. The van der Waals surface area contributed by atoms with E-state index >= 15 is 0 Å². The predicted molar refractivity (Wildman–Crippen MR) is 73.8 cm³/mol. The summed E-state index contributed by atoms with van der Waals surface area (Å²) in [6.45, 7) is 2.27. The second-order valence-electron chi connectivity index (χ2n) is 4.13. The molecule has 0 unspecified atom stereocenters.